The summed E-state index contributed by atoms with van der Waals surface area (Å²) in [5.41, 5.74) is 1.25. The minimum absolute atomic E-state index is 0.0291. The van der Waals surface area contributed by atoms with Gasteiger partial charge < -0.3 is 9.47 Å². The van der Waals surface area contributed by atoms with E-state index in [1.807, 2.05) is 18.2 Å². The molecule has 3 atom stereocenters. The molecule has 14 heavy (non-hydrogen) atoms. The Morgan fingerprint density at radius 3 is 2.71 bits per heavy atom. The average Bonchev–Trinajstić information content (AvgIpc) is 2.48. The molecule has 0 aromatic heterocycles. The van der Waals surface area contributed by atoms with Crippen LogP contribution in [0, 0.1) is 5.41 Å². The molecule has 2 heterocycles. The van der Waals surface area contributed by atoms with E-state index in [-0.39, 0.29) is 17.8 Å². The van der Waals surface area contributed by atoms with Crippen molar-refractivity contribution in [1.82, 2.24) is 0 Å². The average molecular weight is 188 g/mol. The Morgan fingerprint density at radius 2 is 2.00 bits per heavy atom. The van der Waals surface area contributed by atoms with Crippen LogP contribution < -0.4 is 0 Å². The van der Waals surface area contributed by atoms with Gasteiger partial charge in [0.15, 0.2) is 0 Å². The summed E-state index contributed by atoms with van der Waals surface area (Å²) in [7, 11) is 0. The minimum Gasteiger partial charge on any atom is -0.472 e. The fraction of sp³-hybridized carbons (Fsp3) is 0.333. The maximum atomic E-state index is 5.67. The van der Waals surface area contributed by atoms with Crippen LogP contribution in [0.2, 0.25) is 0 Å². The van der Waals surface area contributed by atoms with E-state index in [1.54, 1.807) is 6.26 Å². The molecule has 0 N–H and O–H groups in total. The Balaban J connectivity index is 1.93. The first-order valence-corrected chi connectivity index (χ1v) is 4.84. The predicted molar refractivity (Wildman–Crippen MR) is 52.4 cm³/mol. The van der Waals surface area contributed by atoms with Gasteiger partial charge in [-0.1, -0.05) is 30.3 Å². The Morgan fingerprint density at radius 1 is 1.21 bits per heavy atom. The standard InChI is InChI=1S/C12H12O2/c1-12-7-8-13-11(12)14-10(12)9-5-3-2-4-6-9/h2-8,10-11H,1H3/t10-,11+,12-/m0/s1. The van der Waals surface area contributed by atoms with Crippen LogP contribution >= 0.6 is 0 Å². The third-order valence-corrected chi connectivity index (χ3v) is 3.06. The lowest BCUT2D eigenvalue weighted by molar-refractivity contribution is -0.302. The van der Waals surface area contributed by atoms with E-state index < -0.39 is 0 Å². The maximum absolute atomic E-state index is 5.67. The first-order chi connectivity index (χ1) is 6.81. The van der Waals surface area contributed by atoms with Crippen LogP contribution in [0.25, 0.3) is 0 Å². The van der Waals surface area contributed by atoms with E-state index in [0.29, 0.717) is 0 Å². The van der Waals surface area contributed by atoms with Gasteiger partial charge >= 0.3 is 0 Å². The van der Waals surface area contributed by atoms with Gasteiger partial charge in [-0.2, -0.15) is 0 Å². The molecule has 1 saturated heterocycles. The highest BCUT2D eigenvalue weighted by atomic mass is 16.7. The minimum atomic E-state index is -0.0762. The smallest absolute Gasteiger partial charge is 0.211 e. The molecule has 2 heteroatoms. The Hall–Kier alpha value is -1.28. The van der Waals surface area contributed by atoms with Crippen molar-refractivity contribution in [2.24, 2.45) is 5.41 Å². The van der Waals surface area contributed by atoms with Crippen LogP contribution in [-0.2, 0) is 9.47 Å². The topological polar surface area (TPSA) is 18.5 Å². The molecule has 0 radical (unpaired) electrons. The first kappa shape index (κ1) is 8.06. The third-order valence-electron chi connectivity index (χ3n) is 3.06. The van der Waals surface area contributed by atoms with Crippen molar-refractivity contribution in [2.75, 3.05) is 0 Å². The molecule has 1 aromatic rings. The van der Waals surface area contributed by atoms with Gasteiger partial charge in [-0.3, -0.25) is 0 Å². The lowest BCUT2D eigenvalue weighted by Crippen LogP contribution is -2.49. The molecule has 0 unspecified atom stereocenters. The largest absolute Gasteiger partial charge is 0.472 e. The molecule has 0 aliphatic carbocycles. The molecule has 3 rings (SSSR count). The molecule has 2 aliphatic heterocycles. The van der Waals surface area contributed by atoms with Crippen molar-refractivity contribution in [3.8, 4) is 0 Å². The van der Waals surface area contributed by atoms with Crippen LogP contribution in [-0.4, -0.2) is 6.29 Å². The van der Waals surface area contributed by atoms with Gasteiger partial charge in [0.2, 0.25) is 6.29 Å². The highest BCUT2D eigenvalue weighted by Gasteiger charge is 2.56. The van der Waals surface area contributed by atoms with Gasteiger partial charge in [0, 0.05) is 0 Å². The summed E-state index contributed by atoms with van der Waals surface area (Å²) in [6.07, 6.45) is 3.91. The van der Waals surface area contributed by atoms with Gasteiger partial charge in [0.05, 0.1) is 11.7 Å². The molecule has 72 valence electrons. The van der Waals surface area contributed by atoms with Crippen LogP contribution in [0.5, 0.6) is 0 Å². The summed E-state index contributed by atoms with van der Waals surface area (Å²) in [5.74, 6) is 0. The zero-order valence-corrected chi connectivity index (χ0v) is 8.01. The van der Waals surface area contributed by atoms with Crippen molar-refractivity contribution in [2.45, 2.75) is 19.3 Å². The van der Waals surface area contributed by atoms with Gasteiger partial charge in [0.1, 0.15) is 6.10 Å². The number of benzene rings is 1. The monoisotopic (exact) mass is 188 g/mol. The number of fused-ring (bicyclic) bond motifs is 1. The van der Waals surface area contributed by atoms with Crippen molar-refractivity contribution in [3.05, 3.63) is 48.2 Å². The van der Waals surface area contributed by atoms with Gasteiger partial charge in [-0.05, 0) is 18.6 Å². The molecule has 2 aliphatic rings. The zero-order valence-electron chi connectivity index (χ0n) is 8.01. The normalized spacial score (nSPS) is 38.6. The molecular weight excluding hydrogens is 176 g/mol. The van der Waals surface area contributed by atoms with Crippen LogP contribution in [0.4, 0.5) is 0 Å². The number of ether oxygens (including phenoxy) is 2. The van der Waals surface area contributed by atoms with E-state index in [9.17, 15) is 0 Å². The molecule has 0 spiro atoms. The zero-order chi connectivity index (χ0) is 9.60. The third kappa shape index (κ3) is 0.891. The van der Waals surface area contributed by atoms with Gasteiger partial charge in [-0.25, -0.2) is 0 Å². The van der Waals surface area contributed by atoms with E-state index in [2.05, 4.69) is 25.1 Å². The lowest BCUT2D eigenvalue weighted by Gasteiger charge is -2.47. The quantitative estimate of drug-likeness (QED) is 0.674. The highest BCUT2D eigenvalue weighted by Crippen LogP contribution is 2.55. The highest BCUT2D eigenvalue weighted by molar-refractivity contribution is 5.26. The fourth-order valence-corrected chi connectivity index (χ4v) is 2.14. The fourth-order valence-electron chi connectivity index (χ4n) is 2.14. The lowest BCUT2D eigenvalue weighted by atomic mass is 9.76. The molecule has 2 nitrogen and oxygen atoms in total. The van der Waals surface area contributed by atoms with Crippen LogP contribution in [0.3, 0.4) is 0 Å². The van der Waals surface area contributed by atoms with Crippen molar-refractivity contribution >= 4 is 0 Å². The summed E-state index contributed by atoms with van der Waals surface area (Å²) >= 11 is 0. The van der Waals surface area contributed by atoms with Gasteiger partial charge in [-0.15, -0.1) is 0 Å². The number of hydrogen-bond donors (Lipinski definition) is 0. The van der Waals surface area contributed by atoms with Crippen molar-refractivity contribution in [1.29, 1.82) is 0 Å². The maximum Gasteiger partial charge on any atom is 0.211 e. The molecular formula is C12H12O2. The SMILES string of the molecule is C[C@@]12C=CO[C@@H]1O[C@H]2c1ccccc1. The molecule has 0 bridgehead atoms. The van der Waals surface area contributed by atoms with Crippen LogP contribution in [0.15, 0.2) is 42.7 Å². The van der Waals surface area contributed by atoms with Gasteiger partial charge in [0.25, 0.3) is 0 Å². The molecule has 1 fully saturated rings. The Bertz CT molecular complexity index is 371. The first-order valence-electron chi connectivity index (χ1n) is 4.84. The summed E-state index contributed by atoms with van der Waals surface area (Å²) < 4.78 is 11.0. The molecule has 1 aromatic carbocycles. The summed E-state index contributed by atoms with van der Waals surface area (Å²) in [4.78, 5) is 0. The summed E-state index contributed by atoms with van der Waals surface area (Å²) in [5, 5.41) is 0. The Kier molecular flexibility index (Phi) is 1.50. The van der Waals surface area contributed by atoms with E-state index in [0.717, 1.165) is 0 Å². The summed E-state index contributed by atoms with van der Waals surface area (Å²) in [6, 6.07) is 10.3. The van der Waals surface area contributed by atoms with E-state index in [1.165, 1.54) is 5.56 Å². The second kappa shape index (κ2) is 2.61. The predicted octanol–water partition coefficient (Wildman–Crippen LogP) is 2.63. The van der Waals surface area contributed by atoms with E-state index in [4.69, 9.17) is 9.47 Å². The van der Waals surface area contributed by atoms with Crippen molar-refractivity contribution in [3.63, 3.8) is 0 Å². The number of hydrogen-bond acceptors (Lipinski definition) is 2. The summed E-state index contributed by atoms with van der Waals surface area (Å²) in [6.45, 7) is 2.17. The molecule has 0 saturated carbocycles. The van der Waals surface area contributed by atoms with Crippen LogP contribution in [0.1, 0.15) is 18.6 Å². The number of rotatable bonds is 1. The molecule has 0 amide bonds. The Labute approximate surface area is 83.1 Å². The van der Waals surface area contributed by atoms with Crippen molar-refractivity contribution < 1.29 is 9.47 Å². The second-order valence-corrected chi connectivity index (χ2v) is 4.06. The second-order valence-electron chi connectivity index (χ2n) is 4.06. The van der Waals surface area contributed by atoms with E-state index >= 15 is 0 Å².